The smallest absolute Gasteiger partial charge is 0.247 e. The van der Waals surface area contributed by atoms with E-state index in [1.807, 2.05) is 41.8 Å². The molecular formula is C19H25N5O2. The summed E-state index contributed by atoms with van der Waals surface area (Å²) in [5.41, 5.74) is 2.36. The maximum absolute atomic E-state index is 5.97. The highest BCUT2D eigenvalue weighted by Gasteiger charge is 2.17. The highest BCUT2D eigenvalue weighted by molar-refractivity contribution is 5.78. The highest BCUT2D eigenvalue weighted by atomic mass is 16.5. The molecular weight excluding hydrogens is 330 g/mol. The molecule has 2 aromatic heterocycles. The van der Waals surface area contributed by atoms with Gasteiger partial charge in [0, 0.05) is 19.3 Å². The molecule has 0 bridgehead atoms. The van der Waals surface area contributed by atoms with Crippen LogP contribution < -0.4 is 10.1 Å². The monoisotopic (exact) mass is 355 g/mol. The lowest BCUT2D eigenvalue weighted by Crippen LogP contribution is -2.19. The summed E-state index contributed by atoms with van der Waals surface area (Å²) in [7, 11) is 1.65. The second-order valence-electron chi connectivity index (χ2n) is 6.19. The van der Waals surface area contributed by atoms with Crippen LogP contribution >= 0.6 is 0 Å². The van der Waals surface area contributed by atoms with E-state index in [1.165, 1.54) is 0 Å². The lowest BCUT2D eigenvalue weighted by atomic mass is 10.3. The van der Waals surface area contributed by atoms with Crippen LogP contribution in [-0.4, -0.2) is 39.3 Å². The molecule has 1 aromatic carbocycles. The standard InChI is InChI=1S/C19H25N5O2/c1-4-5-11-24-13-20-16-17(24)22-19(21-15-9-7-6-8-10-15)23-18(16)26-14(2)12-25-3/h6-10,13-14H,4-5,11-12H2,1-3H3,(H,21,22,23). The van der Waals surface area contributed by atoms with Crippen molar-refractivity contribution in [3.05, 3.63) is 36.7 Å². The number of benzene rings is 1. The molecule has 1 atom stereocenters. The van der Waals surface area contributed by atoms with Crippen molar-refractivity contribution >= 4 is 22.8 Å². The summed E-state index contributed by atoms with van der Waals surface area (Å²) >= 11 is 0. The number of aryl methyl sites for hydroxylation is 1. The number of ether oxygens (including phenoxy) is 2. The van der Waals surface area contributed by atoms with Crippen LogP contribution in [0.2, 0.25) is 0 Å². The van der Waals surface area contributed by atoms with Crippen LogP contribution in [0.1, 0.15) is 26.7 Å². The lowest BCUT2D eigenvalue weighted by molar-refractivity contribution is 0.0900. The van der Waals surface area contributed by atoms with Crippen LogP contribution in [-0.2, 0) is 11.3 Å². The van der Waals surface area contributed by atoms with Crippen molar-refractivity contribution in [1.82, 2.24) is 19.5 Å². The molecule has 0 fully saturated rings. The fourth-order valence-electron chi connectivity index (χ4n) is 2.66. The average Bonchev–Trinajstić information content (AvgIpc) is 3.04. The van der Waals surface area contributed by atoms with Gasteiger partial charge in [0.05, 0.1) is 12.9 Å². The Bertz CT molecular complexity index is 835. The summed E-state index contributed by atoms with van der Waals surface area (Å²) in [6.07, 6.45) is 3.83. The number of unbranched alkanes of at least 4 members (excludes halogenated alkanes) is 1. The van der Waals surface area contributed by atoms with Crippen LogP contribution in [0.3, 0.4) is 0 Å². The summed E-state index contributed by atoms with van der Waals surface area (Å²) in [4.78, 5) is 13.7. The molecule has 7 heteroatoms. The van der Waals surface area contributed by atoms with Crippen LogP contribution in [0.4, 0.5) is 11.6 Å². The fraction of sp³-hybridized carbons (Fsp3) is 0.421. The first-order valence-electron chi connectivity index (χ1n) is 8.91. The van der Waals surface area contributed by atoms with Gasteiger partial charge >= 0.3 is 0 Å². The Morgan fingerprint density at radius 1 is 1.19 bits per heavy atom. The highest BCUT2D eigenvalue weighted by Crippen LogP contribution is 2.25. The molecule has 0 saturated carbocycles. The van der Waals surface area contributed by atoms with Gasteiger partial charge in [0.15, 0.2) is 11.2 Å². The Morgan fingerprint density at radius 3 is 2.73 bits per heavy atom. The van der Waals surface area contributed by atoms with Gasteiger partial charge in [-0.3, -0.25) is 0 Å². The van der Waals surface area contributed by atoms with E-state index in [1.54, 1.807) is 13.4 Å². The van der Waals surface area contributed by atoms with Gasteiger partial charge in [-0.05, 0) is 25.5 Å². The summed E-state index contributed by atoms with van der Waals surface area (Å²) in [6, 6.07) is 9.83. The third-order valence-electron chi connectivity index (χ3n) is 3.93. The summed E-state index contributed by atoms with van der Waals surface area (Å²) in [6.45, 7) is 5.44. The molecule has 0 aliphatic rings. The maximum atomic E-state index is 5.97. The zero-order valence-electron chi connectivity index (χ0n) is 15.5. The van der Waals surface area contributed by atoms with E-state index in [0.717, 1.165) is 30.7 Å². The van der Waals surface area contributed by atoms with E-state index in [-0.39, 0.29) is 6.10 Å². The number of aromatic nitrogens is 4. The first-order valence-corrected chi connectivity index (χ1v) is 8.91. The molecule has 0 amide bonds. The quantitative estimate of drug-likeness (QED) is 0.629. The van der Waals surface area contributed by atoms with E-state index >= 15 is 0 Å². The fourth-order valence-corrected chi connectivity index (χ4v) is 2.66. The van der Waals surface area contributed by atoms with Gasteiger partial charge in [-0.25, -0.2) is 4.98 Å². The summed E-state index contributed by atoms with van der Waals surface area (Å²) < 4.78 is 13.2. The predicted molar refractivity (Wildman–Crippen MR) is 102 cm³/mol. The number of hydrogen-bond acceptors (Lipinski definition) is 6. The van der Waals surface area contributed by atoms with Crippen molar-refractivity contribution in [2.45, 2.75) is 39.3 Å². The number of para-hydroxylation sites is 1. The molecule has 1 unspecified atom stereocenters. The SMILES string of the molecule is CCCCn1cnc2c(OC(C)COC)nc(Nc3ccccc3)nc21. The molecule has 0 aliphatic heterocycles. The third-order valence-corrected chi connectivity index (χ3v) is 3.93. The van der Waals surface area contributed by atoms with E-state index in [4.69, 9.17) is 9.47 Å². The first-order chi connectivity index (χ1) is 12.7. The Balaban J connectivity index is 1.97. The number of anilines is 2. The van der Waals surface area contributed by atoms with Gasteiger partial charge in [-0.1, -0.05) is 31.5 Å². The van der Waals surface area contributed by atoms with E-state index < -0.39 is 0 Å². The van der Waals surface area contributed by atoms with Crippen LogP contribution in [0.15, 0.2) is 36.7 Å². The largest absolute Gasteiger partial charge is 0.470 e. The molecule has 3 rings (SSSR count). The lowest BCUT2D eigenvalue weighted by Gasteiger charge is -2.14. The summed E-state index contributed by atoms with van der Waals surface area (Å²) in [5.74, 6) is 0.954. The van der Waals surface area contributed by atoms with Gasteiger partial charge < -0.3 is 19.4 Å². The topological polar surface area (TPSA) is 74.1 Å². The van der Waals surface area contributed by atoms with Gasteiger partial charge in [0.1, 0.15) is 6.10 Å². The van der Waals surface area contributed by atoms with E-state index in [0.29, 0.717) is 24.0 Å². The Morgan fingerprint density at radius 2 is 2.00 bits per heavy atom. The van der Waals surface area contributed by atoms with Crippen molar-refractivity contribution < 1.29 is 9.47 Å². The molecule has 1 N–H and O–H groups in total. The number of methoxy groups -OCH3 is 1. The van der Waals surface area contributed by atoms with Crippen LogP contribution in [0, 0.1) is 0 Å². The van der Waals surface area contributed by atoms with Crippen molar-refractivity contribution in [1.29, 1.82) is 0 Å². The second kappa shape index (κ2) is 8.62. The summed E-state index contributed by atoms with van der Waals surface area (Å²) in [5, 5.41) is 3.24. The third kappa shape index (κ3) is 4.29. The predicted octanol–water partition coefficient (Wildman–Crippen LogP) is 3.78. The van der Waals surface area contributed by atoms with Crippen molar-refractivity contribution in [2.24, 2.45) is 0 Å². The molecule has 0 saturated heterocycles. The Kier molecular flexibility index (Phi) is 6.01. The average molecular weight is 355 g/mol. The number of rotatable bonds is 9. The van der Waals surface area contributed by atoms with Crippen molar-refractivity contribution in [3.8, 4) is 5.88 Å². The van der Waals surface area contributed by atoms with Crippen LogP contribution in [0.25, 0.3) is 11.2 Å². The molecule has 26 heavy (non-hydrogen) atoms. The Hall–Kier alpha value is -2.67. The molecule has 0 aliphatic carbocycles. The normalized spacial score (nSPS) is 12.3. The molecule has 0 radical (unpaired) electrons. The minimum absolute atomic E-state index is 0.136. The van der Waals surface area contributed by atoms with Gasteiger partial charge in [0.2, 0.25) is 11.8 Å². The van der Waals surface area contributed by atoms with Crippen molar-refractivity contribution in [3.63, 3.8) is 0 Å². The molecule has 3 aromatic rings. The van der Waals surface area contributed by atoms with E-state index in [2.05, 4.69) is 27.2 Å². The number of nitrogens with zero attached hydrogens (tertiary/aromatic N) is 4. The molecule has 7 nitrogen and oxygen atoms in total. The molecule has 2 heterocycles. The minimum atomic E-state index is -0.136. The van der Waals surface area contributed by atoms with Gasteiger partial charge in [-0.15, -0.1) is 0 Å². The van der Waals surface area contributed by atoms with Gasteiger partial charge in [0.25, 0.3) is 0 Å². The van der Waals surface area contributed by atoms with E-state index in [9.17, 15) is 0 Å². The van der Waals surface area contributed by atoms with Gasteiger partial charge in [-0.2, -0.15) is 9.97 Å². The van der Waals surface area contributed by atoms with Crippen molar-refractivity contribution in [2.75, 3.05) is 19.0 Å². The number of fused-ring (bicyclic) bond motifs is 1. The minimum Gasteiger partial charge on any atom is -0.470 e. The number of imidazole rings is 1. The zero-order valence-corrected chi connectivity index (χ0v) is 15.5. The molecule has 0 spiro atoms. The maximum Gasteiger partial charge on any atom is 0.247 e. The first kappa shape index (κ1) is 18.1. The van der Waals surface area contributed by atoms with Crippen LogP contribution in [0.5, 0.6) is 5.88 Å². The number of nitrogens with one attached hydrogen (secondary N) is 1. The second-order valence-corrected chi connectivity index (χ2v) is 6.19. The number of hydrogen-bond donors (Lipinski definition) is 1. The zero-order chi connectivity index (χ0) is 18.4. The Labute approximate surface area is 153 Å². The molecule has 138 valence electrons.